The van der Waals surface area contributed by atoms with Gasteiger partial charge in [0.05, 0.1) is 0 Å². The van der Waals surface area contributed by atoms with Crippen molar-refractivity contribution in [2.45, 2.75) is 26.7 Å². The summed E-state index contributed by atoms with van der Waals surface area (Å²) in [6.45, 7) is 4.24. The Hall–Kier alpha value is -0.780. The number of hydrogen-bond acceptors (Lipinski definition) is 1. The summed E-state index contributed by atoms with van der Waals surface area (Å²) in [6.07, 6.45) is 6.27. The Morgan fingerprint density at radius 3 is 2.59 bits per heavy atom. The summed E-state index contributed by atoms with van der Waals surface area (Å²) in [6, 6.07) is 8.25. The van der Waals surface area contributed by atoms with Gasteiger partial charge in [-0.05, 0) is 41.8 Å². The Morgan fingerprint density at radius 1 is 1.18 bits per heavy atom. The molecule has 0 saturated heterocycles. The lowest BCUT2D eigenvalue weighted by molar-refractivity contribution is 0.508. The highest BCUT2D eigenvalue weighted by molar-refractivity contribution is 7.86. The van der Waals surface area contributed by atoms with Crippen molar-refractivity contribution in [2.24, 2.45) is 0 Å². The van der Waals surface area contributed by atoms with E-state index in [1.54, 1.807) is 0 Å². The molecule has 1 unspecified atom stereocenters. The van der Waals surface area contributed by atoms with Gasteiger partial charge in [0.15, 0.2) is 0 Å². The van der Waals surface area contributed by atoms with Crippen molar-refractivity contribution in [2.75, 3.05) is 0 Å². The fourth-order valence-electron chi connectivity index (χ4n) is 1.92. The third-order valence-electron chi connectivity index (χ3n) is 2.63. The maximum absolute atomic E-state index is 6.32. The monoisotopic (exact) mass is 266 g/mol. The molecule has 1 nitrogen and oxygen atoms in total. The minimum absolute atomic E-state index is 0.939. The Morgan fingerprint density at radius 2 is 1.88 bits per heavy atom. The van der Waals surface area contributed by atoms with Crippen LogP contribution in [-0.4, -0.2) is 0 Å². The van der Waals surface area contributed by atoms with Crippen LogP contribution in [0.15, 0.2) is 42.2 Å². The van der Waals surface area contributed by atoms with Crippen LogP contribution in [0, 0.1) is 0 Å². The molecule has 0 amide bonds. The largest absolute Gasteiger partial charge is 0.453 e. The molecular formula is C14H16ClOP. The molecule has 1 heterocycles. The molecule has 0 saturated carbocycles. The van der Waals surface area contributed by atoms with E-state index in [1.807, 2.05) is 6.07 Å². The predicted octanol–water partition coefficient (Wildman–Crippen LogP) is 4.98. The lowest BCUT2D eigenvalue weighted by Gasteiger charge is -2.26. The van der Waals surface area contributed by atoms with Crippen molar-refractivity contribution in [3.63, 3.8) is 0 Å². The van der Waals surface area contributed by atoms with Crippen molar-refractivity contribution >= 4 is 29.6 Å². The summed E-state index contributed by atoms with van der Waals surface area (Å²) in [7, 11) is -1.03. The molecule has 1 atom stereocenters. The second-order valence-corrected chi connectivity index (χ2v) is 5.93. The maximum Gasteiger partial charge on any atom is 0.215 e. The third-order valence-corrected chi connectivity index (χ3v) is 4.50. The van der Waals surface area contributed by atoms with Gasteiger partial charge in [0.25, 0.3) is 0 Å². The molecule has 0 radical (unpaired) electrons. The molecule has 1 aromatic carbocycles. The van der Waals surface area contributed by atoms with E-state index in [-0.39, 0.29) is 0 Å². The van der Waals surface area contributed by atoms with Crippen LogP contribution in [0.1, 0.15) is 32.3 Å². The predicted molar refractivity (Wildman–Crippen MR) is 76.6 cm³/mol. The van der Waals surface area contributed by atoms with E-state index < -0.39 is 7.50 Å². The molecule has 17 heavy (non-hydrogen) atoms. The highest BCUT2D eigenvalue weighted by Crippen LogP contribution is 2.51. The van der Waals surface area contributed by atoms with Gasteiger partial charge >= 0.3 is 0 Å². The number of allylic oxidation sites excluding steroid dienone is 3. The van der Waals surface area contributed by atoms with Gasteiger partial charge in [-0.15, -0.1) is 0 Å². The molecule has 0 aromatic heterocycles. The molecule has 3 heteroatoms. The molecule has 0 aliphatic carbocycles. The highest BCUT2D eigenvalue weighted by atomic mass is 35.7. The first-order chi connectivity index (χ1) is 8.27. The van der Waals surface area contributed by atoms with Gasteiger partial charge in [0, 0.05) is 10.9 Å². The third kappa shape index (κ3) is 2.56. The molecular weight excluding hydrogens is 251 g/mol. The van der Waals surface area contributed by atoms with E-state index in [1.165, 1.54) is 11.1 Å². The van der Waals surface area contributed by atoms with E-state index in [9.17, 15) is 0 Å². The zero-order valence-corrected chi connectivity index (χ0v) is 11.8. The second-order valence-electron chi connectivity index (χ2n) is 3.86. The molecule has 1 aliphatic heterocycles. The van der Waals surface area contributed by atoms with Crippen LogP contribution in [0.3, 0.4) is 0 Å². The molecule has 0 spiro atoms. The highest BCUT2D eigenvalue weighted by Gasteiger charge is 2.26. The van der Waals surface area contributed by atoms with Crippen LogP contribution < -0.4 is 5.30 Å². The topological polar surface area (TPSA) is 9.23 Å². The molecule has 90 valence electrons. The van der Waals surface area contributed by atoms with Gasteiger partial charge in [0.2, 0.25) is 7.50 Å². The minimum Gasteiger partial charge on any atom is -0.453 e. The summed E-state index contributed by atoms with van der Waals surface area (Å²) in [5.74, 6) is 0.939. The van der Waals surface area contributed by atoms with Gasteiger partial charge in [-0.3, -0.25) is 0 Å². The zero-order valence-electron chi connectivity index (χ0n) is 10.1. The molecule has 0 bridgehead atoms. The SMILES string of the molecule is CCC=C1OP(Cl)c2ccccc2C1=CCC. The zero-order chi connectivity index (χ0) is 12.3. The van der Waals surface area contributed by atoms with Gasteiger partial charge in [-0.25, -0.2) is 0 Å². The van der Waals surface area contributed by atoms with E-state index in [0.29, 0.717) is 0 Å². The van der Waals surface area contributed by atoms with Crippen molar-refractivity contribution in [1.82, 2.24) is 0 Å². The number of rotatable bonds is 2. The van der Waals surface area contributed by atoms with Crippen LogP contribution in [0.25, 0.3) is 5.57 Å². The van der Waals surface area contributed by atoms with E-state index in [4.69, 9.17) is 15.8 Å². The van der Waals surface area contributed by atoms with Crippen LogP contribution in [0.2, 0.25) is 0 Å². The summed E-state index contributed by atoms with van der Waals surface area (Å²) in [5, 5.41) is 1.12. The Bertz CT molecular complexity index is 465. The first kappa shape index (κ1) is 12.7. The van der Waals surface area contributed by atoms with Crippen LogP contribution in [0.4, 0.5) is 0 Å². The maximum atomic E-state index is 6.32. The molecule has 2 rings (SSSR count). The van der Waals surface area contributed by atoms with Gasteiger partial charge in [-0.1, -0.05) is 38.1 Å². The van der Waals surface area contributed by atoms with E-state index >= 15 is 0 Å². The normalized spacial score (nSPS) is 23.6. The van der Waals surface area contributed by atoms with Crippen molar-refractivity contribution in [3.8, 4) is 0 Å². The van der Waals surface area contributed by atoms with Gasteiger partial charge in [-0.2, -0.15) is 0 Å². The quantitative estimate of drug-likeness (QED) is 0.686. The molecule has 0 N–H and O–H groups in total. The first-order valence-electron chi connectivity index (χ1n) is 5.91. The number of halogens is 1. The fourth-order valence-corrected chi connectivity index (χ4v) is 3.62. The molecule has 1 aliphatic rings. The standard InChI is InChI=1S/C14H16ClOP/c1-3-7-11-12-9-5-6-10-14(12)17(15)16-13(11)8-4-2/h5-10H,3-4H2,1-2H3. The summed E-state index contributed by atoms with van der Waals surface area (Å²) >= 11 is 6.32. The van der Waals surface area contributed by atoms with Gasteiger partial charge in [0.1, 0.15) is 5.76 Å². The lowest BCUT2D eigenvalue weighted by Crippen LogP contribution is -2.14. The average Bonchev–Trinajstić information content (AvgIpc) is 2.34. The molecule has 1 aromatic rings. The Kier molecular flexibility index (Phi) is 4.25. The van der Waals surface area contributed by atoms with Crippen molar-refractivity contribution < 1.29 is 4.52 Å². The van der Waals surface area contributed by atoms with Gasteiger partial charge < -0.3 is 4.52 Å². The lowest BCUT2D eigenvalue weighted by atomic mass is 10.0. The van der Waals surface area contributed by atoms with Crippen LogP contribution >= 0.6 is 18.7 Å². The summed E-state index contributed by atoms with van der Waals surface area (Å²) < 4.78 is 5.84. The Balaban J connectivity index is 2.55. The average molecular weight is 267 g/mol. The van der Waals surface area contributed by atoms with E-state index in [2.05, 4.69) is 44.2 Å². The summed E-state index contributed by atoms with van der Waals surface area (Å²) in [5.41, 5.74) is 2.41. The van der Waals surface area contributed by atoms with Crippen molar-refractivity contribution in [3.05, 3.63) is 47.7 Å². The van der Waals surface area contributed by atoms with Crippen LogP contribution in [-0.2, 0) is 4.52 Å². The van der Waals surface area contributed by atoms with Crippen molar-refractivity contribution in [1.29, 1.82) is 0 Å². The summed E-state index contributed by atoms with van der Waals surface area (Å²) in [4.78, 5) is 0. The van der Waals surface area contributed by atoms with E-state index in [0.717, 1.165) is 23.9 Å². The first-order valence-corrected chi connectivity index (χ1v) is 8.08. The number of benzene rings is 1. The van der Waals surface area contributed by atoms with Crippen LogP contribution in [0.5, 0.6) is 0 Å². The number of hydrogen-bond donors (Lipinski definition) is 0. The number of fused-ring (bicyclic) bond motifs is 1. The smallest absolute Gasteiger partial charge is 0.215 e. The Labute approximate surface area is 109 Å². The second kappa shape index (κ2) is 5.71. The fraction of sp³-hybridized carbons (Fsp3) is 0.286. The molecule has 0 fully saturated rings. The minimum atomic E-state index is -1.03.